The monoisotopic (exact) mass is 365 g/mol. The minimum atomic E-state index is -3.56. The second-order valence-corrected chi connectivity index (χ2v) is 8.66. The average molecular weight is 365 g/mol. The molecule has 1 aliphatic heterocycles. The summed E-state index contributed by atoms with van der Waals surface area (Å²) in [7, 11) is -3.56. The van der Waals surface area contributed by atoms with Crippen molar-refractivity contribution < 1.29 is 13.2 Å². The van der Waals surface area contributed by atoms with Gasteiger partial charge in [-0.3, -0.25) is 4.79 Å². The Morgan fingerprint density at radius 2 is 2.29 bits per heavy atom. The van der Waals surface area contributed by atoms with Crippen molar-refractivity contribution in [1.29, 1.82) is 0 Å². The van der Waals surface area contributed by atoms with Crippen molar-refractivity contribution in [2.24, 2.45) is 0 Å². The lowest BCUT2D eigenvalue weighted by atomic mass is 10.0. The van der Waals surface area contributed by atoms with Gasteiger partial charge in [0.25, 0.3) is 0 Å². The second kappa shape index (κ2) is 6.62. The van der Waals surface area contributed by atoms with Crippen LogP contribution < -0.4 is 5.32 Å². The first-order chi connectivity index (χ1) is 11.4. The van der Waals surface area contributed by atoms with Gasteiger partial charge < -0.3 is 5.32 Å². The Morgan fingerprint density at radius 3 is 3.00 bits per heavy atom. The molecule has 0 saturated carbocycles. The number of nitrogens with one attached hydrogen (secondary N) is 1. The van der Waals surface area contributed by atoms with Crippen molar-refractivity contribution in [2.75, 3.05) is 6.54 Å². The van der Waals surface area contributed by atoms with E-state index in [1.807, 2.05) is 6.92 Å². The van der Waals surface area contributed by atoms with E-state index in [2.05, 4.69) is 16.9 Å². The average Bonchev–Trinajstić information content (AvgIpc) is 3.02. The summed E-state index contributed by atoms with van der Waals surface area (Å²) < 4.78 is 28.3. The molecular formula is C16H19N3O3S2. The van der Waals surface area contributed by atoms with E-state index in [1.54, 1.807) is 23.7 Å². The predicted octanol–water partition coefficient (Wildman–Crippen LogP) is 2.14. The van der Waals surface area contributed by atoms with E-state index < -0.39 is 10.0 Å². The molecule has 2 atom stereocenters. The van der Waals surface area contributed by atoms with Crippen molar-refractivity contribution in [3.63, 3.8) is 0 Å². The normalized spacial score (nSPS) is 22.4. The van der Waals surface area contributed by atoms with E-state index in [0.29, 0.717) is 24.3 Å². The molecule has 1 aliphatic rings. The van der Waals surface area contributed by atoms with Crippen LogP contribution in [0.3, 0.4) is 0 Å². The van der Waals surface area contributed by atoms with Crippen molar-refractivity contribution in [3.05, 3.63) is 36.4 Å². The Morgan fingerprint density at radius 1 is 1.50 bits per heavy atom. The van der Waals surface area contributed by atoms with Crippen LogP contribution in [0.15, 0.2) is 41.3 Å². The molecule has 1 N–H and O–H groups in total. The molecule has 6 nitrogen and oxygen atoms in total. The number of carbonyl (C=O) groups is 1. The lowest BCUT2D eigenvalue weighted by Crippen LogP contribution is -2.50. The third kappa shape index (κ3) is 3.22. The summed E-state index contributed by atoms with van der Waals surface area (Å²) in [5.41, 5.74) is 2.51. The molecular weight excluding hydrogens is 346 g/mol. The summed E-state index contributed by atoms with van der Waals surface area (Å²) in [6.07, 6.45) is 2.41. The van der Waals surface area contributed by atoms with Gasteiger partial charge in [-0.25, -0.2) is 13.4 Å². The van der Waals surface area contributed by atoms with Gasteiger partial charge in [-0.15, -0.1) is 11.3 Å². The zero-order valence-electron chi connectivity index (χ0n) is 13.3. The highest BCUT2D eigenvalue weighted by Crippen LogP contribution is 2.28. The molecule has 0 aliphatic carbocycles. The molecule has 2 heterocycles. The van der Waals surface area contributed by atoms with Gasteiger partial charge in [0, 0.05) is 18.6 Å². The molecule has 1 fully saturated rings. The predicted molar refractivity (Wildman–Crippen MR) is 94.3 cm³/mol. The number of hydrogen-bond donors (Lipinski definition) is 1. The molecule has 1 amide bonds. The third-order valence-electron chi connectivity index (χ3n) is 4.26. The van der Waals surface area contributed by atoms with Crippen molar-refractivity contribution in [3.8, 4) is 0 Å². The lowest BCUT2D eigenvalue weighted by molar-refractivity contribution is -0.117. The topological polar surface area (TPSA) is 79.4 Å². The zero-order valence-corrected chi connectivity index (χ0v) is 14.9. The van der Waals surface area contributed by atoms with Crippen LogP contribution in [0.5, 0.6) is 0 Å². The number of sulfonamides is 1. The van der Waals surface area contributed by atoms with Crippen LogP contribution in [-0.2, 0) is 14.8 Å². The number of piperidine rings is 1. The first-order valence-electron chi connectivity index (χ1n) is 7.70. The molecule has 0 spiro atoms. The number of carbonyl (C=O) groups excluding carboxylic acids is 1. The van der Waals surface area contributed by atoms with Gasteiger partial charge >= 0.3 is 0 Å². The van der Waals surface area contributed by atoms with E-state index in [0.717, 1.165) is 10.2 Å². The van der Waals surface area contributed by atoms with Crippen LogP contribution in [0.2, 0.25) is 0 Å². The molecule has 0 bridgehead atoms. The van der Waals surface area contributed by atoms with Gasteiger partial charge in [0.2, 0.25) is 15.9 Å². The summed E-state index contributed by atoms with van der Waals surface area (Å²) in [6, 6.07) is 4.81. The first-order valence-corrected chi connectivity index (χ1v) is 10.0. The quantitative estimate of drug-likeness (QED) is 0.842. The maximum absolute atomic E-state index is 13.0. The van der Waals surface area contributed by atoms with Gasteiger partial charge in [0.15, 0.2) is 0 Å². The molecule has 3 rings (SSSR count). The number of rotatable bonds is 4. The van der Waals surface area contributed by atoms with Crippen LogP contribution in [-0.4, -0.2) is 42.2 Å². The largest absolute Gasteiger partial charge is 0.350 e. The maximum atomic E-state index is 13.0. The molecule has 24 heavy (non-hydrogen) atoms. The van der Waals surface area contributed by atoms with Crippen LogP contribution in [0.25, 0.3) is 10.2 Å². The Balaban J connectivity index is 1.80. The number of amides is 1. The highest BCUT2D eigenvalue weighted by atomic mass is 32.2. The minimum absolute atomic E-state index is 0.0269. The van der Waals surface area contributed by atoms with Crippen molar-refractivity contribution >= 4 is 37.5 Å². The fraction of sp³-hybridized carbons (Fsp3) is 0.375. The molecule has 8 heteroatoms. The lowest BCUT2D eigenvalue weighted by Gasteiger charge is -2.36. The van der Waals surface area contributed by atoms with Crippen LogP contribution in [0.1, 0.15) is 19.8 Å². The van der Waals surface area contributed by atoms with Crippen LogP contribution in [0, 0.1) is 0 Å². The Kier molecular flexibility index (Phi) is 4.71. The number of nitrogens with zero attached hydrogens (tertiary/aromatic N) is 2. The minimum Gasteiger partial charge on any atom is -0.350 e. The molecule has 0 radical (unpaired) electrons. The van der Waals surface area contributed by atoms with Gasteiger partial charge in [0.1, 0.15) is 0 Å². The summed E-state index contributed by atoms with van der Waals surface area (Å²) in [6.45, 7) is 5.69. The van der Waals surface area contributed by atoms with E-state index >= 15 is 0 Å². The van der Waals surface area contributed by atoms with Gasteiger partial charge in [0.05, 0.1) is 20.6 Å². The summed E-state index contributed by atoms with van der Waals surface area (Å²) in [5.74, 6) is -0.223. The first kappa shape index (κ1) is 17.1. The number of benzene rings is 1. The molecule has 1 aromatic heterocycles. The van der Waals surface area contributed by atoms with E-state index in [9.17, 15) is 13.2 Å². The molecule has 1 saturated heterocycles. The third-order valence-corrected chi connectivity index (χ3v) is 7.06. The maximum Gasteiger partial charge on any atom is 0.243 e. The zero-order chi connectivity index (χ0) is 17.3. The van der Waals surface area contributed by atoms with Gasteiger partial charge in [-0.05, 0) is 44.0 Å². The number of aromatic nitrogens is 1. The molecule has 1 aromatic carbocycles. The fourth-order valence-corrected chi connectivity index (χ4v) is 5.50. The summed E-state index contributed by atoms with van der Waals surface area (Å²) >= 11 is 1.42. The van der Waals surface area contributed by atoms with Crippen LogP contribution >= 0.6 is 11.3 Å². The number of thiazole rings is 1. The Labute approximate surface area is 145 Å². The van der Waals surface area contributed by atoms with Crippen molar-refractivity contribution in [2.45, 2.75) is 36.7 Å². The van der Waals surface area contributed by atoms with Gasteiger partial charge in [-0.2, -0.15) is 4.31 Å². The number of hydrogen-bond acceptors (Lipinski definition) is 5. The highest BCUT2D eigenvalue weighted by molar-refractivity contribution is 7.89. The highest BCUT2D eigenvalue weighted by Gasteiger charge is 2.34. The van der Waals surface area contributed by atoms with Crippen LogP contribution in [0.4, 0.5) is 0 Å². The Hall–Kier alpha value is -1.77. The standard InChI is InChI=1S/C16H19N3O3S2/c1-3-16(20)18-12-6-7-19(11(2)8-12)24(21,22)13-4-5-14-15(9-13)23-10-17-14/h3-5,9-12H,1,6-8H2,2H3,(H,18,20). The molecule has 2 aromatic rings. The van der Waals surface area contributed by atoms with E-state index in [-0.39, 0.29) is 18.0 Å². The fourth-order valence-electron chi connectivity index (χ4n) is 3.03. The van der Waals surface area contributed by atoms with E-state index in [4.69, 9.17) is 0 Å². The molecule has 2 unspecified atom stereocenters. The van der Waals surface area contributed by atoms with Crippen molar-refractivity contribution in [1.82, 2.24) is 14.6 Å². The SMILES string of the molecule is C=CC(=O)NC1CCN(S(=O)(=O)c2ccc3ncsc3c2)C(C)C1. The summed E-state index contributed by atoms with van der Waals surface area (Å²) in [4.78, 5) is 15.9. The van der Waals surface area contributed by atoms with Gasteiger partial charge in [-0.1, -0.05) is 6.58 Å². The summed E-state index contributed by atoms with van der Waals surface area (Å²) in [5, 5.41) is 2.85. The molecule has 128 valence electrons. The Bertz CT molecular complexity index is 876. The second-order valence-electron chi connectivity index (χ2n) is 5.88. The number of fused-ring (bicyclic) bond motifs is 1. The van der Waals surface area contributed by atoms with E-state index in [1.165, 1.54) is 21.7 Å². The smallest absolute Gasteiger partial charge is 0.243 e.